The van der Waals surface area contributed by atoms with Crippen LogP contribution < -0.4 is 5.32 Å². The molecular formula is C16H24N2O. The number of aromatic hydroxyl groups is 1. The molecular weight excluding hydrogens is 236 g/mol. The predicted octanol–water partition coefficient (Wildman–Crippen LogP) is 2.19. The Bertz CT molecular complexity index is 435. The lowest BCUT2D eigenvalue weighted by Crippen LogP contribution is -2.40. The summed E-state index contributed by atoms with van der Waals surface area (Å²) in [5.41, 5.74) is 3.31. The first kappa shape index (κ1) is 12.9. The summed E-state index contributed by atoms with van der Waals surface area (Å²) in [4.78, 5) is 2.55. The van der Waals surface area contributed by atoms with Crippen LogP contribution in [0.15, 0.2) is 12.1 Å². The summed E-state index contributed by atoms with van der Waals surface area (Å²) in [7, 11) is 0. The third-order valence-electron chi connectivity index (χ3n) is 4.63. The van der Waals surface area contributed by atoms with Crippen LogP contribution in [-0.4, -0.2) is 35.7 Å². The van der Waals surface area contributed by atoms with Crippen molar-refractivity contribution in [3.8, 4) is 5.75 Å². The van der Waals surface area contributed by atoms with Gasteiger partial charge < -0.3 is 10.4 Å². The number of phenolic OH excluding ortho intramolecular Hbond substituents is 1. The zero-order valence-electron chi connectivity index (χ0n) is 11.9. The molecule has 19 heavy (non-hydrogen) atoms. The highest BCUT2D eigenvalue weighted by Crippen LogP contribution is 2.28. The standard InChI is InChI=1S/C16H24N2O/c1-11-6-13(7-12(2)16(11)19)8-18-9-14-4-3-5-17-15(14)10-18/h6-7,14-15,17,19H,3-5,8-10H2,1-2H3/t14-,15+/m0/s1. The van der Waals surface area contributed by atoms with E-state index in [-0.39, 0.29) is 0 Å². The van der Waals surface area contributed by atoms with Gasteiger partial charge in [0.25, 0.3) is 0 Å². The van der Waals surface area contributed by atoms with Gasteiger partial charge in [-0.05, 0) is 55.8 Å². The zero-order chi connectivity index (χ0) is 13.4. The van der Waals surface area contributed by atoms with E-state index in [9.17, 15) is 5.11 Å². The largest absolute Gasteiger partial charge is 0.507 e. The van der Waals surface area contributed by atoms with Gasteiger partial charge in [0, 0.05) is 25.7 Å². The molecule has 2 fully saturated rings. The second-order valence-corrected chi connectivity index (χ2v) is 6.24. The SMILES string of the molecule is Cc1cc(CN2C[C@@H]3CCCN[C@@H]3C2)cc(C)c1O. The molecule has 2 atom stereocenters. The van der Waals surface area contributed by atoms with Crippen molar-refractivity contribution in [3.63, 3.8) is 0 Å². The average molecular weight is 260 g/mol. The van der Waals surface area contributed by atoms with Gasteiger partial charge in [-0.2, -0.15) is 0 Å². The fourth-order valence-electron chi connectivity index (χ4n) is 3.66. The minimum Gasteiger partial charge on any atom is -0.507 e. The molecule has 0 aliphatic carbocycles. The Kier molecular flexibility index (Phi) is 3.50. The molecule has 0 amide bonds. The molecule has 2 aliphatic heterocycles. The first-order valence-corrected chi connectivity index (χ1v) is 7.38. The van der Waals surface area contributed by atoms with Crippen LogP contribution >= 0.6 is 0 Å². The Labute approximate surface area is 115 Å². The summed E-state index contributed by atoms with van der Waals surface area (Å²) in [6.45, 7) is 8.55. The highest BCUT2D eigenvalue weighted by Gasteiger charge is 2.33. The Balaban J connectivity index is 1.69. The molecule has 3 nitrogen and oxygen atoms in total. The highest BCUT2D eigenvalue weighted by atomic mass is 16.3. The van der Waals surface area contributed by atoms with Gasteiger partial charge >= 0.3 is 0 Å². The van der Waals surface area contributed by atoms with Gasteiger partial charge in [-0.1, -0.05) is 12.1 Å². The number of benzene rings is 1. The van der Waals surface area contributed by atoms with Gasteiger partial charge in [-0.25, -0.2) is 0 Å². The third-order valence-corrected chi connectivity index (χ3v) is 4.63. The van der Waals surface area contributed by atoms with Gasteiger partial charge in [0.2, 0.25) is 0 Å². The summed E-state index contributed by atoms with van der Waals surface area (Å²) >= 11 is 0. The van der Waals surface area contributed by atoms with Gasteiger partial charge in [0.15, 0.2) is 0 Å². The lowest BCUT2D eigenvalue weighted by Gasteiger charge is -2.24. The number of fused-ring (bicyclic) bond motifs is 1. The van der Waals surface area contributed by atoms with Crippen LogP contribution in [0.2, 0.25) is 0 Å². The first-order valence-electron chi connectivity index (χ1n) is 7.38. The van der Waals surface area contributed by atoms with E-state index in [2.05, 4.69) is 22.3 Å². The van der Waals surface area contributed by atoms with Crippen LogP contribution in [0.5, 0.6) is 5.75 Å². The molecule has 0 aromatic heterocycles. The normalized spacial score (nSPS) is 27.5. The molecule has 3 rings (SSSR count). The first-order chi connectivity index (χ1) is 9.13. The molecule has 104 valence electrons. The van der Waals surface area contributed by atoms with Gasteiger partial charge in [0.05, 0.1) is 0 Å². The summed E-state index contributed by atoms with van der Waals surface area (Å²) in [6, 6.07) is 4.95. The zero-order valence-corrected chi connectivity index (χ0v) is 11.9. The van der Waals surface area contributed by atoms with Crippen molar-refractivity contribution >= 4 is 0 Å². The van der Waals surface area contributed by atoms with Crippen LogP contribution in [0.25, 0.3) is 0 Å². The second kappa shape index (κ2) is 5.14. The minimum atomic E-state index is 0.445. The van der Waals surface area contributed by atoms with E-state index in [1.54, 1.807) is 0 Å². The number of likely N-dealkylation sites (tertiary alicyclic amines) is 1. The fourth-order valence-corrected chi connectivity index (χ4v) is 3.66. The van der Waals surface area contributed by atoms with E-state index in [1.165, 1.54) is 38.0 Å². The number of hydrogen-bond donors (Lipinski definition) is 2. The molecule has 0 spiro atoms. The number of nitrogens with zero attached hydrogens (tertiary/aromatic N) is 1. The topological polar surface area (TPSA) is 35.5 Å². The van der Waals surface area contributed by atoms with Crippen molar-refractivity contribution in [1.29, 1.82) is 0 Å². The predicted molar refractivity (Wildman–Crippen MR) is 77.4 cm³/mol. The van der Waals surface area contributed by atoms with Crippen molar-refractivity contribution < 1.29 is 5.11 Å². The van der Waals surface area contributed by atoms with Gasteiger partial charge in [-0.3, -0.25) is 4.90 Å². The Morgan fingerprint density at radius 3 is 2.68 bits per heavy atom. The van der Waals surface area contributed by atoms with Crippen molar-refractivity contribution in [3.05, 3.63) is 28.8 Å². The molecule has 0 radical (unpaired) electrons. The van der Waals surface area contributed by atoms with Crippen molar-refractivity contribution in [2.75, 3.05) is 19.6 Å². The van der Waals surface area contributed by atoms with E-state index in [0.717, 1.165) is 23.6 Å². The number of hydrogen-bond acceptors (Lipinski definition) is 3. The van der Waals surface area contributed by atoms with Crippen LogP contribution in [-0.2, 0) is 6.54 Å². The van der Waals surface area contributed by atoms with Crippen LogP contribution in [0.3, 0.4) is 0 Å². The van der Waals surface area contributed by atoms with Gasteiger partial charge in [0.1, 0.15) is 5.75 Å². The monoisotopic (exact) mass is 260 g/mol. The molecule has 2 saturated heterocycles. The van der Waals surface area contributed by atoms with Crippen molar-refractivity contribution in [1.82, 2.24) is 10.2 Å². The lowest BCUT2D eigenvalue weighted by atomic mass is 9.94. The molecule has 0 unspecified atom stereocenters. The number of aryl methyl sites for hydroxylation is 2. The van der Waals surface area contributed by atoms with Crippen molar-refractivity contribution in [2.24, 2.45) is 5.92 Å². The van der Waals surface area contributed by atoms with Crippen LogP contribution in [0.4, 0.5) is 0 Å². The average Bonchev–Trinajstić information content (AvgIpc) is 2.78. The molecule has 2 N–H and O–H groups in total. The Morgan fingerprint density at radius 1 is 1.26 bits per heavy atom. The molecule has 2 aliphatic rings. The molecule has 1 aromatic carbocycles. The molecule has 3 heteroatoms. The molecule has 0 bridgehead atoms. The van der Waals surface area contributed by atoms with E-state index in [4.69, 9.17) is 0 Å². The summed E-state index contributed by atoms with van der Waals surface area (Å²) in [5.74, 6) is 1.29. The van der Waals surface area contributed by atoms with E-state index in [0.29, 0.717) is 11.8 Å². The highest BCUT2D eigenvalue weighted by molar-refractivity contribution is 5.42. The third kappa shape index (κ3) is 2.63. The summed E-state index contributed by atoms with van der Waals surface area (Å²) in [6.07, 6.45) is 2.70. The molecule has 1 aromatic rings. The van der Waals surface area contributed by atoms with E-state index in [1.807, 2.05) is 13.8 Å². The maximum Gasteiger partial charge on any atom is 0.121 e. The number of nitrogens with one attached hydrogen (secondary N) is 1. The molecule has 2 heterocycles. The maximum absolute atomic E-state index is 9.84. The number of rotatable bonds is 2. The van der Waals surface area contributed by atoms with E-state index >= 15 is 0 Å². The molecule has 0 saturated carbocycles. The van der Waals surface area contributed by atoms with E-state index < -0.39 is 0 Å². The fraction of sp³-hybridized carbons (Fsp3) is 0.625. The Morgan fingerprint density at radius 2 is 2.00 bits per heavy atom. The van der Waals surface area contributed by atoms with Crippen LogP contribution in [0.1, 0.15) is 29.5 Å². The summed E-state index contributed by atoms with van der Waals surface area (Å²) < 4.78 is 0. The Hall–Kier alpha value is -1.06. The quantitative estimate of drug-likeness (QED) is 0.855. The van der Waals surface area contributed by atoms with Crippen LogP contribution in [0, 0.1) is 19.8 Å². The number of phenols is 1. The minimum absolute atomic E-state index is 0.445. The van der Waals surface area contributed by atoms with Gasteiger partial charge in [-0.15, -0.1) is 0 Å². The number of piperidine rings is 1. The summed E-state index contributed by atoms with van der Waals surface area (Å²) in [5, 5.41) is 13.5. The lowest BCUT2D eigenvalue weighted by molar-refractivity contribution is 0.312. The van der Waals surface area contributed by atoms with Crippen molar-refractivity contribution in [2.45, 2.75) is 39.3 Å². The second-order valence-electron chi connectivity index (χ2n) is 6.24. The smallest absolute Gasteiger partial charge is 0.121 e. The maximum atomic E-state index is 9.84.